The van der Waals surface area contributed by atoms with Gasteiger partial charge in [-0.05, 0) is 12.1 Å². The van der Waals surface area contributed by atoms with Crippen LogP contribution in [0, 0.1) is 0 Å². The highest BCUT2D eigenvalue weighted by atomic mass is 32.1. The molecule has 3 aromatic rings. The minimum Gasteiger partial charge on any atom is -0.494 e. The summed E-state index contributed by atoms with van der Waals surface area (Å²) in [6.07, 6.45) is 1.62. The lowest BCUT2D eigenvalue weighted by Gasteiger charge is -2.30. The van der Waals surface area contributed by atoms with Crippen LogP contribution in [0.2, 0.25) is 0 Å². The van der Waals surface area contributed by atoms with Gasteiger partial charge in [0.1, 0.15) is 4.88 Å². The molecular formula is C17H17N5O4S. The van der Waals surface area contributed by atoms with Gasteiger partial charge in [-0.15, -0.1) is 16.4 Å². The second-order valence-electron chi connectivity index (χ2n) is 5.69. The van der Waals surface area contributed by atoms with Gasteiger partial charge in [0.15, 0.2) is 5.75 Å². The zero-order valence-corrected chi connectivity index (χ0v) is 15.4. The Morgan fingerprint density at radius 2 is 2.15 bits per heavy atom. The van der Waals surface area contributed by atoms with Crippen molar-refractivity contribution in [2.45, 2.75) is 0 Å². The van der Waals surface area contributed by atoms with Crippen molar-refractivity contribution in [1.29, 1.82) is 0 Å². The second-order valence-corrected chi connectivity index (χ2v) is 6.58. The third kappa shape index (κ3) is 3.62. The Balaban J connectivity index is 1.56. The van der Waals surface area contributed by atoms with Gasteiger partial charge in [0.25, 0.3) is 11.8 Å². The molecule has 1 N–H and O–H groups in total. The summed E-state index contributed by atoms with van der Waals surface area (Å²) in [5.74, 6) is 0.419. The Morgan fingerprint density at radius 3 is 2.89 bits per heavy atom. The molecule has 3 heterocycles. The molecule has 0 unspecified atom stereocenters. The van der Waals surface area contributed by atoms with Crippen LogP contribution in [-0.4, -0.2) is 54.5 Å². The first-order valence-corrected chi connectivity index (χ1v) is 9.17. The molecule has 0 spiro atoms. The standard InChI is InChI=1S/C17H17N5O4S/c1-24-14-11(3-2-4-12(14)22-5-7-25-8-6-22)15(23)19-17-21-20-16(26-17)13-9-18-10-27-13/h2-4,9-10H,5-8H2,1H3,(H,19,21,23). The van der Waals surface area contributed by atoms with Crippen molar-refractivity contribution in [3.8, 4) is 16.5 Å². The SMILES string of the molecule is COc1c(C(=O)Nc2nnc(-c3cncs3)o2)cccc1N1CCOCC1. The summed E-state index contributed by atoms with van der Waals surface area (Å²) in [5, 5.41) is 10.4. The third-order valence-corrected chi connectivity index (χ3v) is 4.84. The van der Waals surface area contributed by atoms with Gasteiger partial charge >= 0.3 is 6.01 Å². The molecule has 0 aliphatic carbocycles. The minimum atomic E-state index is -0.388. The molecular weight excluding hydrogens is 370 g/mol. The minimum absolute atomic E-state index is 0.0160. The normalized spacial score (nSPS) is 14.2. The fraction of sp³-hybridized carbons (Fsp3) is 0.294. The van der Waals surface area contributed by atoms with E-state index in [0.717, 1.165) is 23.7 Å². The number of carbonyl (C=O) groups excluding carboxylic acids is 1. The molecule has 1 amide bonds. The zero-order chi connectivity index (χ0) is 18.6. The molecule has 1 aromatic carbocycles. The molecule has 0 atom stereocenters. The Bertz CT molecular complexity index is 921. The summed E-state index contributed by atoms with van der Waals surface area (Å²) >= 11 is 1.37. The number of morpholine rings is 1. The molecule has 10 heteroatoms. The van der Waals surface area contributed by atoms with Crippen LogP contribution >= 0.6 is 11.3 Å². The van der Waals surface area contributed by atoms with E-state index in [9.17, 15) is 4.79 Å². The molecule has 1 fully saturated rings. The van der Waals surface area contributed by atoms with E-state index in [1.807, 2.05) is 12.1 Å². The van der Waals surface area contributed by atoms with Crippen molar-refractivity contribution >= 4 is 28.9 Å². The maximum absolute atomic E-state index is 12.8. The topological polar surface area (TPSA) is 103 Å². The van der Waals surface area contributed by atoms with Crippen LogP contribution in [0.5, 0.6) is 5.75 Å². The maximum atomic E-state index is 12.8. The molecule has 4 rings (SSSR count). The van der Waals surface area contributed by atoms with Crippen LogP contribution in [0.4, 0.5) is 11.7 Å². The van der Waals surface area contributed by atoms with Crippen LogP contribution in [-0.2, 0) is 4.74 Å². The Hall–Kier alpha value is -2.98. The molecule has 0 saturated carbocycles. The summed E-state index contributed by atoms with van der Waals surface area (Å²) in [6, 6.07) is 5.45. The number of nitrogens with zero attached hydrogens (tertiary/aromatic N) is 4. The number of thiazole rings is 1. The van der Waals surface area contributed by atoms with Gasteiger partial charge in [0.2, 0.25) is 0 Å². The number of methoxy groups -OCH3 is 1. The van der Waals surface area contributed by atoms with Gasteiger partial charge in [0, 0.05) is 13.1 Å². The second kappa shape index (κ2) is 7.72. The summed E-state index contributed by atoms with van der Waals surface area (Å²) in [6.45, 7) is 2.76. The van der Waals surface area contributed by atoms with Crippen molar-refractivity contribution in [1.82, 2.24) is 15.2 Å². The van der Waals surface area contributed by atoms with E-state index in [1.54, 1.807) is 24.9 Å². The monoisotopic (exact) mass is 387 g/mol. The van der Waals surface area contributed by atoms with Gasteiger partial charge in [0.05, 0.1) is 43.3 Å². The lowest BCUT2D eigenvalue weighted by Crippen LogP contribution is -2.36. The number of amides is 1. The fourth-order valence-corrected chi connectivity index (χ4v) is 3.37. The van der Waals surface area contributed by atoms with Crippen LogP contribution in [0.3, 0.4) is 0 Å². The number of hydrogen-bond acceptors (Lipinski definition) is 9. The number of aromatic nitrogens is 3. The highest BCUT2D eigenvalue weighted by Crippen LogP contribution is 2.33. The van der Waals surface area contributed by atoms with E-state index in [2.05, 4.69) is 25.4 Å². The largest absolute Gasteiger partial charge is 0.494 e. The smallest absolute Gasteiger partial charge is 0.322 e. The molecule has 0 radical (unpaired) electrons. The predicted molar refractivity (Wildman–Crippen MR) is 99.4 cm³/mol. The number of benzene rings is 1. The summed E-state index contributed by atoms with van der Waals surface area (Å²) in [5.41, 5.74) is 2.91. The maximum Gasteiger partial charge on any atom is 0.322 e. The number of ether oxygens (including phenoxy) is 2. The first-order valence-electron chi connectivity index (χ1n) is 8.29. The van der Waals surface area contributed by atoms with Gasteiger partial charge < -0.3 is 18.8 Å². The highest BCUT2D eigenvalue weighted by Gasteiger charge is 2.22. The van der Waals surface area contributed by atoms with Crippen molar-refractivity contribution in [2.24, 2.45) is 0 Å². The van der Waals surface area contributed by atoms with Gasteiger partial charge in [-0.1, -0.05) is 11.2 Å². The molecule has 1 aliphatic heterocycles. The van der Waals surface area contributed by atoms with Crippen molar-refractivity contribution < 1.29 is 18.7 Å². The summed E-state index contributed by atoms with van der Waals surface area (Å²) in [4.78, 5) is 19.6. The average molecular weight is 387 g/mol. The highest BCUT2D eigenvalue weighted by molar-refractivity contribution is 7.13. The number of rotatable bonds is 5. The Kier molecular flexibility index (Phi) is 4.99. The van der Waals surface area contributed by atoms with Crippen LogP contribution < -0.4 is 15.0 Å². The summed E-state index contributed by atoms with van der Waals surface area (Å²) < 4.78 is 16.4. The summed E-state index contributed by atoms with van der Waals surface area (Å²) in [7, 11) is 1.55. The first-order chi connectivity index (χ1) is 13.3. The number of nitrogens with one attached hydrogen (secondary N) is 1. The van der Waals surface area contributed by atoms with Crippen LogP contribution in [0.15, 0.2) is 34.3 Å². The van der Waals surface area contributed by atoms with Crippen molar-refractivity contribution in [2.75, 3.05) is 43.6 Å². The van der Waals surface area contributed by atoms with Gasteiger partial charge in [-0.25, -0.2) is 0 Å². The number of carbonyl (C=O) groups is 1. The number of para-hydroxylation sites is 1. The predicted octanol–water partition coefficient (Wildman–Crippen LogP) is 2.29. The molecule has 1 aliphatic rings. The van der Waals surface area contributed by atoms with Crippen molar-refractivity contribution in [3.63, 3.8) is 0 Å². The molecule has 9 nitrogen and oxygen atoms in total. The first kappa shape index (κ1) is 17.4. The third-order valence-electron chi connectivity index (χ3n) is 4.08. The molecule has 140 valence electrons. The van der Waals surface area contributed by atoms with E-state index in [-0.39, 0.29) is 11.9 Å². The average Bonchev–Trinajstić information content (AvgIpc) is 3.39. The molecule has 0 bridgehead atoms. The van der Waals surface area contributed by atoms with E-state index in [1.165, 1.54) is 11.3 Å². The quantitative estimate of drug-likeness (QED) is 0.711. The Morgan fingerprint density at radius 1 is 1.30 bits per heavy atom. The van der Waals surface area contributed by atoms with E-state index in [4.69, 9.17) is 13.9 Å². The lowest BCUT2D eigenvalue weighted by atomic mass is 10.1. The van der Waals surface area contributed by atoms with Crippen LogP contribution in [0.25, 0.3) is 10.8 Å². The number of anilines is 2. The van der Waals surface area contributed by atoms with Gasteiger partial charge in [-0.2, -0.15) is 0 Å². The van der Waals surface area contributed by atoms with Crippen molar-refractivity contribution in [3.05, 3.63) is 35.5 Å². The van der Waals surface area contributed by atoms with Crippen LogP contribution in [0.1, 0.15) is 10.4 Å². The zero-order valence-electron chi connectivity index (χ0n) is 14.5. The fourth-order valence-electron chi connectivity index (χ4n) is 2.83. The Labute approximate surface area is 158 Å². The molecule has 27 heavy (non-hydrogen) atoms. The molecule has 2 aromatic heterocycles. The van der Waals surface area contributed by atoms with E-state index in [0.29, 0.717) is 30.4 Å². The van der Waals surface area contributed by atoms with E-state index < -0.39 is 0 Å². The van der Waals surface area contributed by atoms with E-state index >= 15 is 0 Å². The molecule has 1 saturated heterocycles. The van der Waals surface area contributed by atoms with Gasteiger partial charge in [-0.3, -0.25) is 15.1 Å². The number of hydrogen-bond donors (Lipinski definition) is 1. The lowest BCUT2D eigenvalue weighted by molar-refractivity contribution is 0.102.